The van der Waals surface area contributed by atoms with Crippen LogP contribution in [0.2, 0.25) is 0 Å². The summed E-state index contributed by atoms with van der Waals surface area (Å²) in [6, 6.07) is 5.69. The number of fused-ring (bicyclic) bond motifs is 2. The summed E-state index contributed by atoms with van der Waals surface area (Å²) >= 11 is 0. The first-order valence-corrected chi connectivity index (χ1v) is 13.3. The molecule has 2 fully saturated rings. The van der Waals surface area contributed by atoms with E-state index in [2.05, 4.69) is 0 Å². The van der Waals surface area contributed by atoms with Crippen LogP contribution in [0.5, 0.6) is 34.5 Å². The molecule has 228 valence electrons. The highest BCUT2D eigenvalue weighted by molar-refractivity contribution is 5.91. The van der Waals surface area contributed by atoms with Gasteiger partial charge in [-0.05, 0) is 43.0 Å². The molecule has 5 atom stereocenters. The van der Waals surface area contributed by atoms with Gasteiger partial charge in [0.15, 0.2) is 23.0 Å². The first-order valence-electron chi connectivity index (χ1n) is 13.3. The van der Waals surface area contributed by atoms with Crippen molar-refractivity contribution in [2.45, 2.75) is 43.2 Å². The SMILES string of the molecule is COc1cc(C=CC(=O)O[C@@H]2CC3[C@@H](O)[C@@H](OC(=O)c4cc(OC)c(OC)c(OC)c4)C(C2)N3C)cc(OC)c1OC. The molecule has 2 aromatic rings. The highest BCUT2D eigenvalue weighted by Gasteiger charge is 2.54. The smallest absolute Gasteiger partial charge is 0.338 e. The summed E-state index contributed by atoms with van der Waals surface area (Å²) in [6.45, 7) is 0. The third kappa shape index (κ3) is 6.04. The van der Waals surface area contributed by atoms with Gasteiger partial charge in [-0.3, -0.25) is 4.90 Å². The molecule has 2 bridgehead atoms. The van der Waals surface area contributed by atoms with Gasteiger partial charge in [-0.15, -0.1) is 0 Å². The topological polar surface area (TPSA) is 131 Å². The zero-order valence-electron chi connectivity index (χ0n) is 24.7. The Balaban J connectivity index is 1.44. The Labute approximate surface area is 244 Å². The first-order chi connectivity index (χ1) is 20.2. The largest absolute Gasteiger partial charge is 0.493 e. The van der Waals surface area contributed by atoms with Crippen LogP contribution in [0.15, 0.2) is 30.3 Å². The average molecular weight is 588 g/mol. The van der Waals surface area contributed by atoms with E-state index in [0.717, 1.165) is 0 Å². The third-order valence-electron chi connectivity index (χ3n) is 7.69. The molecule has 12 nitrogen and oxygen atoms in total. The van der Waals surface area contributed by atoms with Crippen molar-refractivity contribution < 1.29 is 52.6 Å². The summed E-state index contributed by atoms with van der Waals surface area (Å²) in [4.78, 5) is 27.9. The van der Waals surface area contributed by atoms with Crippen molar-refractivity contribution in [2.75, 3.05) is 49.7 Å². The van der Waals surface area contributed by atoms with Crippen LogP contribution in [-0.4, -0.2) is 102 Å². The Morgan fingerprint density at radius 3 is 1.76 bits per heavy atom. The maximum Gasteiger partial charge on any atom is 0.338 e. The second-order valence-corrected chi connectivity index (χ2v) is 9.90. The van der Waals surface area contributed by atoms with E-state index in [1.165, 1.54) is 60.9 Å². The Bertz CT molecular complexity index is 1280. The fraction of sp³-hybridized carbons (Fsp3) is 0.467. The summed E-state index contributed by atoms with van der Waals surface area (Å²) in [5.41, 5.74) is 0.833. The van der Waals surface area contributed by atoms with Crippen LogP contribution in [0.1, 0.15) is 28.8 Å². The summed E-state index contributed by atoms with van der Waals surface area (Å²) in [5.74, 6) is 1.11. The number of benzene rings is 2. The molecule has 12 heteroatoms. The number of aliphatic hydroxyl groups is 1. The maximum atomic E-state index is 13.2. The van der Waals surface area contributed by atoms with Crippen molar-refractivity contribution >= 4 is 18.0 Å². The summed E-state index contributed by atoms with van der Waals surface area (Å²) < 4.78 is 43.6. The van der Waals surface area contributed by atoms with E-state index in [-0.39, 0.29) is 17.6 Å². The fourth-order valence-corrected chi connectivity index (χ4v) is 5.61. The van der Waals surface area contributed by atoms with E-state index < -0.39 is 30.3 Å². The van der Waals surface area contributed by atoms with Gasteiger partial charge < -0.3 is 43.0 Å². The molecule has 2 unspecified atom stereocenters. The molecule has 0 amide bonds. The Morgan fingerprint density at radius 2 is 1.26 bits per heavy atom. The van der Waals surface area contributed by atoms with E-state index in [0.29, 0.717) is 52.9 Å². The first kappa shape index (κ1) is 30.8. The molecule has 2 aromatic carbocycles. The molecule has 4 rings (SSSR count). The number of piperidine rings is 1. The van der Waals surface area contributed by atoms with Crippen LogP contribution >= 0.6 is 0 Å². The third-order valence-corrected chi connectivity index (χ3v) is 7.69. The minimum atomic E-state index is -0.968. The van der Waals surface area contributed by atoms with Crippen LogP contribution in [0.25, 0.3) is 6.08 Å². The highest BCUT2D eigenvalue weighted by atomic mass is 16.6. The Kier molecular flexibility index (Phi) is 9.69. The molecule has 2 aliphatic heterocycles. The quantitative estimate of drug-likeness (QED) is 0.306. The van der Waals surface area contributed by atoms with Crippen molar-refractivity contribution in [3.8, 4) is 34.5 Å². The number of carbonyl (C=O) groups is 2. The van der Waals surface area contributed by atoms with Crippen LogP contribution in [-0.2, 0) is 14.3 Å². The average Bonchev–Trinajstić information content (AvgIpc) is 3.12. The lowest BCUT2D eigenvalue weighted by molar-refractivity contribution is -0.146. The Hall–Kier alpha value is -4.16. The van der Waals surface area contributed by atoms with Gasteiger partial charge in [-0.25, -0.2) is 9.59 Å². The van der Waals surface area contributed by atoms with Crippen LogP contribution < -0.4 is 28.4 Å². The van der Waals surface area contributed by atoms with Crippen molar-refractivity contribution in [2.24, 2.45) is 0 Å². The maximum absolute atomic E-state index is 13.2. The van der Waals surface area contributed by atoms with Gasteiger partial charge >= 0.3 is 11.9 Å². The van der Waals surface area contributed by atoms with Gasteiger partial charge in [-0.1, -0.05) is 0 Å². The molecule has 42 heavy (non-hydrogen) atoms. The number of esters is 2. The summed E-state index contributed by atoms with van der Waals surface area (Å²) in [6.07, 6.45) is 1.39. The fourth-order valence-electron chi connectivity index (χ4n) is 5.61. The van der Waals surface area contributed by atoms with Gasteiger partial charge in [0.1, 0.15) is 18.3 Å². The number of likely N-dealkylation sites (N-methyl/N-ethyl adjacent to an activating group) is 1. The highest BCUT2D eigenvalue weighted by Crippen LogP contribution is 2.41. The summed E-state index contributed by atoms with van der Waals surface area (Å²) in [5, 5.41) is 11.1. The standard InChI is InChI=1S/C30H37NO11/c1-31-19-14-18(41-25(32)9-8-16-10-21(35-2)28(39-6)22(11-16)36-3)15-20(31)27(26(19)33)42-30(34)17-12-23(37-4)29(40-7)24(13-17)38-5/h8-13,18-20,26-27,33H,14-15H2,1-7H3/t18-,19?,20?,26-,27+/m1/s1. The predicted molar refractivity (Wildman–Crippen MR) is 151 cm³/mol. The van der Waals surface area contributed by atoms with Crippen molar-refractivity contribution in [3.05, 3.63) is 41.5 Å². The molecular weight excluding hydrogens is 550 g/mol. The van der Waals surface area contributed by atoms with E-state index in [1.54, 1.807) is 18.2 Å². The van der Waals surface area contributed by atoms with E-state index in [1.807, 2.05) is 11.9 Å². The second kappa shape index (κ2) is 13.2. The summed E-state index contributed by atoms with van der Waals surface area (Å²) in [7, 11) is 10.8. The molecule has 0 radical (unpaired) electrons. The van der Waals surface area contributed by atoms with Gasteiger partial charge in [-0.2, -0.15) is 0 Å². The number of ether oxygens (including phenoxy) is 8. The number of aliphatic hydroxyl groups excluding tert-OH is 1. The minimum Gasteiger partial charge on any atom is -0.493 e. The molecule has 0 aromatic heterocycles. The zero-order valence-corrected chi connectivity index (χ0v) is 24.7. The predicted octanol–water partition coefficient (Wildman–Crippen LogP) is 2.73. The van der Waals surface area contributed by atoms with Crippen LogP contribution in [0.4, 0.5) is 0 Å². The number of carbonyl (C=O) groups excluding carboxylic acids is 2. The zero-order chi connectivity index (χ0) is 30.6. The second-order valence-electron chi connectivity index (χ2n) is 9.90. The molecular formula is C30H37NO11. The van der Waals surface area contributed by atoms with Gasteiger partial charge in [0.05, 0.1) is 54.3 Å². The van der Waals surface area contributed by atoms with Crippen molar-refractivity contribution in [1.82, 2.24) is 4.90 Å². The molecule has 0 aliphatic carbocycles. The molecule has 2 saturated heterocycles. The lowest BCUT2D eigenvalue weighted by Crippen LogP contribution is -2.46. The number of rotatable bonds is 11. The monoisotopic (exact) mass is 587 g/mol. The lowest BCUT2D eigenvalue weighted by Gasteiger charge is -2.35. The number of nitrogens with zero attached hydrogens (tertiary/aromatic N) is 1. The molecule has 2 aliphatic rings. The molecule has 0 spiro atoms. The van der Waals surface area contributed by atoms with E-state index in [9.17, 15) is 14.7 Å². The van der Waals surface area contributed by atoms with Gasteiger partial charge in [0.2, 0.25) is 11.5 Å². The number of hydrogen-bond donors (Lipinski definition) is 1. The van der Waals surface area contributed by atoms with Crippen molar-refractivity contribution in [1.29, 1.82) is 0 Å². The molecule has 1 N–H and O–H groups in total. The van der Waals surface area contributed by atoms with Crippen LogP contribution in [0, 0.1) is 0 Å². The Morgan fingerprint density at radius 1 is 0.762 bits per heavy atom. The van der Waals surface area contributed by atoms with E-state index >= 15 is 0 Å². The van der Waals surface area contributed by atoms with Gasteiger partial charge in [0, 0.05) is 25.0 Å². The van der Waals surface area contributed by atoms with E-state index in [4.69, 9.17) is 37.9 Å². The van der Waals surface area contributed by atoms with Crippen molar-refractivity contribution in [3.63, 3.8) is 0 Å². The molecule has 0 saturated carbocycles. The number of hydrogen-bond acceptors (Lipinski definition) is 12. The lowest BCUT2D eigenvalue weighted by atomic mass is 10.00. The molecule has 2 heterocycles. The number of methoxy groups -OCH3 is 6. The van der Waals surface area contributed by atoms with Crippen LogP contribution in [0.3, 0.4) is 0 Å². The normalized spacial score (nSPS) is 23.3. The van der Waals surface area contributed by atoms with Gasteiger partial charge in [0.25, 0.3) is 0 Å². The minimum absolute atomic E-state index is 0.181.